The lowest BCUT2D eigenvalue weighted by molar-refractivity contribution is 0.538. The maximum Gasteiger partial charge on any atom is 0.162 e. The molecule has 0 aromatic carbocycles. The van der Waals surface area contributed by atoms with Gasteiger partial charge in [-0.05, 0) is 21.1 Å². The number of rotatable bonds is 4. The highest BCUT2D eigenvalue weighted by molar-refractivity contribution is 9.10. The zero-order valence-corrected chi connectivity index (χ0v) is 9.29. The smallest absolute Gasteiger partial charge is 0.162 e. The fourth-order valence-electron chi connectivity index (χ4n) is 0.978. The molecule has 0 amide bonds. The van der Waals surface area contributed by atoms with Crippen LogP contribution in [0.2, 0.25) is 0 Å². The normalized spacial score (nSPS) is 10.2. The Labute approximate surface area is 94.1 Å². The molecule has 0 fully saturated rings. The summed E-state index contributed by atoms with van der Waals surface area (Å²) in [5, 5.41) is 14.3. The van der Waals surface area contributed by atoms with Crippen LogP contribution in [-0.4, -0.2) is 36.7 Å². The Balaban J connectivity index is 1.81. The largest absolute Gasteiger partial charge is 0.367 e. The first-order valence-corrected chi connectivity index (χ1v) is 5.06. The standard InChI is InChI=1S/C7H8BrN7/c8-6-3-11-7(4-10-6)9-1-2-15-13-5-12-14-15/h3-5H,1-2H2,(H,9,11). The minimum atomic E-state index is 0.637. The highest BCUT2D eigenvalue weighted by Crippen LogP contribution is 2.05. The van der Waals surface area contributed by atoms with Crippen LogP contribution >= 0.6 is 15.9 Å². The van der Waals surface area contributed by atoms with E-state index in [0.29, 0.717) is 17.7 Å². The number of anilines is 1. The summed E-state index contributed by atoms with van der Waals surface area (Å²) >= 11 is 3.21. The van der Waals surface area contributed by atoms with Crippen LogP contribution in [0.3, 0.4) is 0 Å². The van der Waals surface area contributed by atoms with Crippen LogP contribution < -0.4 is 5.32 Å². The SMILES string of the molecule is Brc1cnc(NCCn2ncnn2)cn1. The Morgan fingerprint density at radius 1 is 1.33 bits per heavy atom. The van der Waals surface area contributed by atoms with Crippen LogP contribution in [0.25, 0.3) is 0 Å². The molecular formula is C7H8BrN7. The van der Waals surface area contributed by atoms with Gasteiger partial charge in [0.2, 0.25) is 0 Å². The predicted octanol–water partition coefficient (Wildman–Crippen LogP) is 0.338. The molecule has 0 bridgehead atoms. The fourth-order valence-corrected chi connectivity index (χ4v) is 1.18. The second-order valence-electron chi connectivity index (χ2n) is 2.68. The average Bonchev–Trinajstić information content (AvgIpc) is 2.74. The summed E-state index contributed by atoms with van der Waals surface area (Å²) in [4.78, 5) is 9.65. The summed E-state index contributed by atoms with van der Waals surface area (Å²) in [6.45, 7) is 1.31. The predicted molar refractivity (Wildman–Crippen MR) is 56.0 cm³/mol. The molecule has 15 heavy (non-hydrogen) atoms. The van der Waals surface area contributed by atoms with Gasteiger partial charge in [-0.1, -0.05) is 0 Å². The summed E-state index contributed by atoms with van der Waals surface area (Å²) in [7, 11) is 0. The first-order chi connectivity index (χ1) is 7.34. The molecule has 0 radical (unpaired) electrons. The van der Waals surface area contributed by atoms with Gasteiger partial charge in [0.25, 0.3) is 0 Å². The zero-order valence-electron chi connectivity index (χ0n) is 7.71. The summed E-state index contributed by atoms with van der Waals surface area (Å²) < 4.78 is 0.714. The molecule has 2 aromatic heterocycles. The van der Waals surface area contributed by atoms with Gasteiger partial charge in [0.05, 0.1) is 18.9 Å². The molecule has 0 aliphatic heterocycles. The number of tetrazole rings is 1. The molecule has 0 unspecified atom stereocenters. The van der Waals surface area contributed by atoms with Crippen molar-refractivity contribution < 1.29 is 0 Å². The minimum Gasteiger partial charge on any atom is -0.367 e. The number of nitrogens with zero attached hydrogens (tertiary/aromatic N) is 6. The van der Waals surface area contributed by atoms with E-state index in [1.807, 2.05) is 0 Å². The van der Waals surface area contributed by atoms with Gasteiger partial charge in [0, 0.05) is 6.54 Å². The summed E-state index contributed by atoms with van der Waals surface area (Å²) in [6.07, 6.45) is 4.69. The zero-order chi connectivity index (χ0) is 10.5. The van der Waals surface area contributed by atoms with Gasteiger partial charge in [0.1, 0.15) is 10.4 Å². The van der Waals surface area contributed by atoms with Gasteiger partial charge in [-0.15, -0.1) is 10.2 Å². The van der Waals surface area contributed by atoms with E-state index in [0.717, 1.165) is 5.82 Å². The van der Waals surface area contributed by atoms with Crippen LogP contribution in [-0.2, 0) is 6.54 Å². The summed E-state index contributed by atoms with van der Waals surface area (Å²) in [5.41, 5.74) is 0. The van der Waals surface area contributed by atoms with Crippen LogP contribution in [0.1, 0.15) is 0 Å². The quantitative estimate of drug-likeness (QED) is 0.862. The number of halogens is 1. The van der Waals surface area contributed by atoms with E-state index in [2.05, 4.69) is 46.6 Å². The summed E-state index contributed by atoms with van der Waals surface area (Å²) in [5.74, 6) is 0.721. The van der Waals surface area contributed by atoms with E-state index in [-0.39, 0.29) is 0 Å². The van der Waals surface area contributed by atoms with E-state index < -0.39 is 0 Å². The Hall–Kier alpha value is -1.57. The second kappa shape index (κ2) is 4.78. The highest BCUT2D eigenvalue weighted by Gasteiger charge is 1.95. The molecule has 0 saturated heterocycles. The lowest BCUT2D eigenvalue weighted by atomic mass is 10.6. The van der Waals surface area contributed by atoms with E-state index in [4.69, 9.17) is 0 Å². The second-order valence-corrected chi connectivity index (χ2v) is 3.50. The van der Waals surface area contributed by atoms with Gasteiger partial charge in [0.15, 0.2) is 6.33 Å². The molecule has 0 atom stereocenters. The molecule has 8 heteroatoms. The van der Waals surface area contributed by atoms with Crippen molar-refractivity contribution in [1.82, 2.24) is 30.2 Å². The average molecular weight is 270 g/mol. The minimum absolute atomic E-state index is 0.637. The van der Waals surface area contributed by atoms with Crippen molar-refractivity contribution in [1.29, 1.82) is 0 Å². The van der Waals surface area contributed by atoms with Gasteiger partial charge >= 0.3 is 0 Å². The highest BCUT2D eigenvalue weighted by atomic mass is 79.9. The molecule has 0 aliphatic rings. The van der Waals surface area contributed by atoms with Crippen molar-refractivity contribution in [2.75, 3.05) is 11.9 Å². The van der Waals surface area contributed by atoms with E-state index in [9.17, 15) is 0 Å². The molecule has 2 rings (SSSR count). The molecule has 7 nitrogen and oxygen atoms in total. The fraction of sp³-hybridized carbons (Fsp3) is 0.286. The van der Waals surface area contributed by atoms with Crippen molar-refractivity contribution in [3.63, 3.8) is 0 Å². The van der Waals surface area contributed by atoms with Crippen molar-refractivity contribution in [3.05, 3.63) is 23.3 Å². The molecule has 2 aromatic rings. The Kier molecular flexibility index (Phi) is 3.18. The summed E-state index contributed by atoms with van der Waals surface area (Å²) in [6, 6.07) is 0. The Morgan fingerprint density at radius 2 is 2.27 bits per heavy atom. The van der Waals surface area contributed by atoms with Crippen molar-refractivity contribution >= 4 is 21.7 Å². The number of nitrogens with one attached hydrogen (secondary N) is 1. The van der Waals surface area contributed by atoms with Crippen LogP contribution in [0, 0.1) is 0 Å². The van der Waals surface area contributed by atoms with Crippen molar-refractivity contribution in [3.8, 4) is 0 Å². The molecule has 0 saturated carbocycles. The lowest BCUT2D eigenvalue weighted by Gasteiger charge is -2.03. The molecule has 0 spiro atoms. The van der Waals surface area contributed by atoms with Gasteiger partial charge in [-0.25, -0.2) is 9.97 Å². The van der Waals surface area contributed by atoms with Crippen LogP contribution in [0.4, 0.5) is 5.82 Å². The van der Waals surface area contributed by atoms with E-state index >= 15 is 0 Å². The monoisotopic (exact) mass is 269 g/mol. The molecule has 78 valence electrons. The number of aromatic nitrogens is 6. The first kappa shape index (κ1) is 9.97. The Bertz CT molecular complexity index is 398. The third-order valence-corrected chi connectivity index (χ3v) is 2.04. The Morgan fingerprint density at radius 3 is 2.93 bits per heavy atom. The molecular weight excluding hydrogens is 262 g/mol. The molecule has 1 N–H and O–H groups in total. The van der Waals surface area contributed by atoms with Gasteiger partial charge in [-0.3, -0.25) is 0 Å². The van der Waals surface area contributed by atoms with E-state index in [1.54, 1.807) is 12.4 Å². The van der Waals surface area contributed by atoms with Crippen molar-refractivity contribution in [2.45, 2.75) is 6.54 Å². The first-order valence-electron chi connectivity index (χ1n) is 4.27. The molecule has 0 aliphatic carbocycles. The lowest BCUT2D eigenvalue weighted by Crippen LogP contribution is -2.13. The number of hydrogen-bond donors (Lipinski definition) is 1. The molecule has 2 heterocycles. The van der Waals surface area contributed by atoms with Crippen LogP contribution in [0.5, 0.6) is 0 Å². The third kappa shape index (κ3) is 2.94. The van der Waals surface area contributed by atoms with Crippen LogP contribution in [0.15, 0.2) is 23.3 Å². The maximum absolute atomic E-state index is 4.11. The third-order valence-electron chi connectivity index (χ3n) is 1.63. The van der Waals surface area contributed by atoms with Crippen molar-refractivity contribution in [2.24, 2.45) is 0 Å². The van der Waals surface area contributed by atoms with Gasteiger partial charge < -0.3 is 5.32 Å². The number of hydrogen-bond acceptors (Lipinski definition) is 6. The van der Waals surface area contributed by atoms with Gasteiger partial charge in [-0.2, -0.15) is 4.80 Å². The van der Waals surface area contributed by atoms with E-state index in [1.165, 1.54) is 11.1 Å². The maximum atomic E-state index is 4.11. The topological polar surface area (TPSA) is 81.4 Å².